The van der Waals surface area contributed by atoms with Gasteiger partial charge in [-0.25, -0.2) is 0 Å². The first kappa shape index (κ1) is 11.9. The van der Waals surface area contributed by atoms with Crippen molar-refractivity contribution in [2.24, 2.45) is 0 Å². The molecule has 0 bridgehead atoms. The van der Waals surface area contributed by atoms with Crippen LogP contribution in [-0.2, 0) is 5.75 Å². The summed E-state index contributed by atoms with van der Waals surface area (Å²) < 4.78 is 0. The van der Waals surface area contributed by atoms with Gasteiger partial charge in [0.2, 0.25) is 0 Å². The summed E-state index contributed by atoms with van der Waals surface area (Å²) in [6.45, 7) is 2.41. The number of hydrogen-bond donors (Lipinski definition) is 1. The van der Waals surface area contributed by atoms with Crippen LogP contribution in [0.25, 0.3) is 0 Å². The number of rotatable bonds is 5. The highest BCUT2D eigenvalue weighted by atomic mass is 35.5. The number of thioether (sulfide) groups is 1. The highest BCUT2D eigenvalue weighted by Gasteiger charge is 2.01. The predicted octanol–water partition coefficient (Wildman–Crippen LogP) is 3.34. The molecular weight excluding hydrogens is 216 g/mol. The molecule has 1 unspecified atom stereocenters. The minimum atomic E-state index is 0.273. The zero-order valence-electron chi connectivity index (χ0n) is 8.24. The number of hydrogen-bond acceptors (Lipinski definition) is 2. The van der Waals surface area contributed by atoms with Crippen LogP contribution in [-0.4, -0.2) is 17.0 Å². The third-order valence-corrected chi connectivity index (χ3v) is 3.54. The molecule has 1 aromatic carbocycles. The Morgan fingerprint density at radius 2 is 2.00 bits per heavy atom. The first-order valence-corrected chi connectivity index (χ1v) is 6.12. The molecule has 0 radical (unpaired) electrons. The van der Waals surface area contributed by atoms with Crippen LogP contribution in [0.15, 0.2) is 24.3 Å². The Labute approximate surface area is 94.5 Å². The highest BCUT2D eigenvalue weighted by Crippen LogP contribution is 2.20. The second-order valence-corrected chi connectivity index (χ2v) is 5.12. The van der Waals surface area contributed by atoms with Crippen molar-refractivity contribution in [3.8, 4) is 0 Å². The largest absolute Gasteiger partial charge is 0.396 e. The van der Waals surface area contributed by atoms with Crippen molar-refractivity contribution in [3.05, 3.63) is 34.9 Å². The Kier molecular flexibility index (Phi) is 5.38. The van der Waals surface area contributed by atoms with Crippen LogP contribution >= 0.6 is 23.4 Å². The second-order valence-electron chi connectivity index (χ2n) is 3.26. The van der Waals surface area contributed by atoms with Gasteiger partial charge in [-0.2, -0.15) is 11.8 Å². The normalized spacial score (nSPS) is 12.8. The first-order valence-electron chi connectivity index (χ1n) is 4.69. The van der Waals surface area contributed by atoms with Gasteiger partial charge in [0, 0.05) is 22.6 Å². The van der Waals surface area contributed by atoms with Gasteiger partial charge in [0.25, 0.3) is 0 Å². The molecule has 0 saturated carbocycles. The Morgan fingerprint density at radius 1 is 1.36 bits per heavy atom. The minimum absolute atomic E-state index is 0.273. The molecule has 1 atom stereocenters. The molecule has 0 fully saturated rings. The van der Waals surface area contributed by atoms with Gasteiger partial charge in [-0.15, -0.1) is 0 Å². The average molecular weight is 231 g/mol. The molecule has 0 heterocycles. The fraction of sp³-hybridized carbons (Fsp3) is 0.455. The van der Waals surface area contributed by atoms with Gasteiger partial charge in [-0.1, -0.05) is 30.7 Å². The van der Waals surface area contributed by atoms with Crippen molar-refractivity contribution in [3.63, 3.8) is 0 Å². The standard InChI is InChI=1S/C11H15ClOS/c1-9(6-7-13)14-8-10-2-4-11(12)5-3-10/h2-5,9,13H,6-8H2,1H3. The molecule has 0 spiro atoms. The van der Waals surface area contributed by atoms with Gasteiger partial charge in [0.1, 0.15) is 0 Å². The van der Waals surface area contributed by atoms with E-state index in [1.807, 2.05) is 36.0 Å². The summed E-state index contributed by atoms with van der Waals surface area (Å²) in [5.74, 6) is 0.984. The van der Waals surface area contributed by atoms with E-state index in [0.29, 0.717) is 5.25 Å². The Hall–Kier alpha value is -0.180. The van der Waals surface area contributed by atoms with Crippen LogP contribution in [0.5, 0.6) is 0 Å². The van der Waals surface area contributed by atoms with Crippen LogP contribution in [0, 0.1) is 0 Å². The number of halogens is 1. The molecule has 0 saturated heterocycles. The molecule has 1 N–H and O–H groups in total. The van der Waals surface area contributed by atoms with Crippen LogP contribution in [0.1, 0.15) is 18.9 Å². The van der Waals surface area contributed by atoms with Crippen LogP contribution in [0.3, 0.4) is 0 Å². The van der Waals surface area contributed by atoms with E-state index in [1.165, 1.54) is 5.56 Å². The smallest absolute Gasteiger partial charge is 0.0441 e. The summed E-state index contributed by atoms with van der Waals surface area (Å²) >= 11 is 7.64. The SMILES string of the molecule is CC(CCO)SCc1ccc(Cl)cc1. The van der Waals surface area contributed by atoms with Crippen LogP contribution in [0.2, 0.25) is 5.02 Å². The van der Waals surface area contributed by atoms with Crippen LogP contribution < -0.4 is 0 Å². The second kappa shape index (κ2) is 6.33. The van der Waals surface area contributed by atoms with Crippen molar-refractivity contribution in [1.29, 1.82) is 0 Å². The predicted molar refractivity (Wildman–Crippen MR) is 63.9 cm³/mol. The topological polar surface area (TPSA) is 20.2 Å². The van der Waals surface area contributed by atoms with E-state index in [0.717, 1.165) is 17.2 Å². The minimum Gasteiger partial charge on any atom is -0.396 e. The molecule has 1 aromatic rings. The molecule has 78 valence electrons. The molecule has 14 heavy (non-hydrogen) atoms. The monoisotopic (exact) mass is 230 g/mol. The molecule has 1 nitrogen and oxygen atoms in total. The summed E-state index contributed by atoms with van der Waals surface area (Å²) in [6, 6.07) is 7.91. The maximum absolute atomic E-state index is 8.74. The van der Waals surface area contributed by atoms with Gasteiger partial charge in [0.15, 0.2) is 0 Å². The summed E-state index contributed by atoms with van der Waals surface area (Å²) in [5, 5.41) is 10.0. The molecule has 3 heteroatoms. The Balaban J connectivity index is 2.34. The van der Waals surface area contributed by atoms with E-state index < -0.39 is 0 Å². The molecule has 1 rings (SSSR count). The van der Waals surface area contributed by atoms with Gasteiger partial charge in [0.05, 0.1) is 0 Å². The van der Waals surface area contributed by atoms with E-state index in [4.69, 9.17) is 16.7 Å². The summed E-state index contributed by atoms with van der Waals surface area (Å²) in [4.78, 5) is 0. The van der Waals surface area contributed by atoms with Crippen molar-refractivity contribution in [2.45, 2.75) is 24.3 Å². The molecule has 0 aliphatic heterocycles. The van der Waals surface area contributed by atoms with Gasteiger partial charge in [-0.3, -0.25) is 0 Å². The molecule has 0 amide bonds. The van der Waals surface area contributed by atoms with Crippen LogP contribution in [0.4, 0.5) is 0 Å². The number of aliphatic hydroxyl groups excluding tert-OH is 1. The third-order valence-electron chi connectivity index (χ3n) is 1.98. The summed E-state index contributed by atoms with van der Waals surface area (Å²) in [5.41, 5.74) is 1.28. The summed E-state index contributed by atoms with van der Waals surface area (Å²) in [6.07, 6.45) is 0.859. The van der Waals surface area contributed by atoms with E-state index in [-0.39, 0.29) is 6.61 Å². The Bertz CT molecular complexity index is 260. The lowest BCUT2D eigenvalue weighted by Crippen LogP contribution is -1.99. The fourth-order valence-corrected chi connectivity index (χ4v) is 2.15. The van der Waals surface area contributed by atoms with E-state index >= 15 is 0 Å². The van der Waals surface area contributed by atoms with Crippen molar-refractivity contribution < 1.29 is 5.11 Å². The molecule has 0 aliphatic rings. The molecule has 0 aromatic heterocycles. The van der Waals surface area contributed by atoms with Crippen molar-refractivity contribution in [2.75, 3.05) is 6.61 Å². The highest BCUT2D eigenvalue weighted by molar-refractivity contribution is 7.99. The van der Waals surface area contributed by atoms with E-state index in [1.54, 1.807) is 0 Å². The number of benzene rings is 1. The lowest BCUT2D eigenvalue weighted by molar-refractivity contribution is 0.289. The quantitative estimate of drug-likeness (QED) is 0.837. The lowest BCUT2D eigenvalue weighted by atomic mass is 10.2. The van der Waals surface area contributed by atoms with Gasteiger partial charge in [-0.05, 0) is 24.1 Å². The third kappa shape index (κ3) is 4.36. The van der Waals surface area contributed by atoms with E-state index in [2.05, 4.69) is 6.92 Å². The average Bonchev–Trinajstić information content (AvgIpc) is 2.17. The molecule has 0 aliphatic carbocycles. The van der Waals surface area contributed by atoms with Crippen molar-refractivity contribution >= 4 is 23.4 Å². The summed E-state index contributed by atoms with van der Waals surface area (Å²) in [7, 11) is 0. The molecular formula is C11H15ClOS. The zero-order valence-corrected chi connectivity index (χ0v) is 9.81. The van der Waals surface area contributed by atoms with E-state index in [9.17, 15) is 0 Å². The number of aliphatic hydroxyl groups is 1. The first-order chi connectivity index (χ1) is 6.72. The van der Waals surface area contributed by atoms with Crippen molar-refractivity contribution in [1.82, 2.24) is 0 Å². The Morgan fingerprint density at radius 3 is 2.57 bits per heavy atom. The fourth-order valence-electron chi connectivity index (χ4n) is 1.08. The lowest BCUT2D eigenvalue weighted by Gasteiger charge is -2.08. The maximum atomic E-state index is 8.74. The van der Waals surface area contributed by atoms with Gasteiger partial charge >= 0.3 is 0 Å². The van der Waals surface area contributed by atoms with Gasteiger partial charge < -0.3 is 5.11 Å². The zero-order chi connectivity index (χ0) is 10.4. The maximum Gasteiger partial charge on any atom is 0.0441 e.